The van der Waals surface area contributed by atoms with Gasteiger partial charge < -0.3 is 0 Å². The van der Waals surface area contributed by atoms with E-state index >= 15 is 0 Å². The minimum absolute atomic E-state index is 0.0972. The van der Waals surface area contributed by atoms with Crippen molar-refractivity contribution in [1.29, 1.82) is 0 Å². The minimum atomic E-state index is 0.0972. The second-order valence-electron chi connectivity index (χ2n) is 3.28. The molecule has 2 heteroatoms. The lowest BCUT2D eigenvalue weighted by Crippen LogP contribution is -2.43. The Bertz CT molecular complexity index is 186. The van der Waals surface area contributed by atoms with Crippen molar-refractivity contribution in [2.75, 3.05) is 13.6 Å². The van der Waals surface area contributed by atoms with Crippen molar-refractivity contribution in [1.82, 2.24) is 4.90 Å². The first-order valence-corrected chi connectivity index (χ1v) is 4.00. The van der Waals surface area contributed by atoms with Gasteiger partial charge in [0.05, 0.1) is 6.04 Å². The molecule has 0 spiro atoms. The maximum atomic E-state index is 11.1. The molecule has 1 heterocycles. The Morgan fingerprint density at radius 3 is 2.64 bits per heavy atom. The fourth-order valence-corrected chi connectivity index (χ4v) is 1.74. The SMILES string of the molecule is CC(=O)C1C(C)C=CCN1C. The molecular weight excluding hydrogens is 138 g/mol. The van der Waals surface area contributed by atoms with Crippen LogP contribution in [0.4, 0.5) is 0 Å². The Balaban J connectivity index is 2.74. The van der Waals surface area contributed by atoms with Crippen LogP contribution in [0, 0.1) is 5.92 Å². The normalized spacial score (nSPS) is 32.3. The van der Waals surface area contributed by atoms with E-state index in [-0.39, 0.29) is 11.8 Å². The molecule has 11 heavy (non-hydrogen) atoms. The predicted octanol–water partition coefficient (Wildman–Crippen LogP) is 1.08. The van der Waals surface area contributed by atoms with E-state index in [1.807, 2.05) is 7.05 Å². The first-order valence-electron chi connectivity index (χ1n) is 4.00. The molecule has 2 nitrogen and oxygen atoms in total. The molecule has 2 atom stereocenters. The molecule has 1 rings (SSSR count). The lowest BCUT2D eigenvalue weighted by Gasteiger charge is -2.31. The first kappa shape index (κ1) is 8.47. The van der Waals surface area contributed by atoms with Gasteiger partial charge in [-0.25, -0.2) is 0 Å². The van der Waals surface area contributed by atoms with Gasteiger partial charge in [-0.1, -0.05) is 19.1 Å². The summed E-state index contributed by atoms with van der Waals surface area (Å²) in [5, 5.41) is 0. The van der Waals surface area contributed by atoms with Gasteiger partial charge in [0.25, 0.3) is 0 Å². The predicted molar refractivity (Wildman–Crippen MR) is 45.4 cm³/mol. The fraction of sp³-hybridized carbons (Fsp3) is 0.667. The lowest BCUT2D eigenvalue weighted by atomic mass is 9.94. The Kier molecular flexibility index (Phi) is 2.45. The number of nitrogens with zero attached hydrogens (tertiary/aromatic N) is 1. The lowest BCUT2D eigenvalue weighted by molar-refractivity contribution is -0.122. The summed E-state index contributed by atoms with van der Waals surface area (Å²) in [5.74, 6) is 0.635. The second kappa shape index (κ2) is 3.18. The zero-order valence-electron chi connectivity index (χ0n) is 7.37. The molecular formula is C9H15NO. The Morgan fingerprint density at radius 1 is 1.64 bits per heavy atom. The molecule has 2 unspecified atom stereocenters. The summed E-state index contributed by atoms with van der Waals surface area (Å²) in [6.45, 7) is 4.64. The van der Waals surface area contributed by atoms with Gasteiger partial charge in [-0.2, -0.15) is 0 Å². The van der Waals surface area contributed by atoms with E-state index in [2.05, 4.69) is 24.0 Å². The highest BCUT2D eigenvalue weighted by atomic mass is 16.1. The van der Waals surface area contributed by atoms with E-state index in [1.54, 1.807) is 6.92 Å². The van der Waals surface area contributed by atoms with Crippen LogP contribution < -0.4 is 0 Å². The van der Waals surface area contributed by atoms with E-state index < -0.39 is 0 Å². The summed E-state index contributed by atoms with van der Waals surface area (Å²) in [5.41, 5.74) is 0. The molecule has 1 aliphatic rings. The maximum Gasteiger partial charge on any atom is 0.147 e. The fourth-order valence-electron chi connectivity index (χ4n) is 1.74. The zero-order chi connectivity index (χ0) is 8.43. The number of hydrogen-bond donors (Lipinski definition) is 0. The van der Waals surface area contributed by atoms with E-state index in [0.717, 1.165) is 6.54 Å². The second-order valence-corrected chi connectivity index (χ2v) is 3.28. The van der Waals surface area contributed by atoms with Crippen molar-refractivity contribution >= 4 is 5.78 Å². The van der Waals surface area contributed by atoms with Gasteiger partial charge in [-0.05, 0) is 19.9 Å². The Hall–Kier alpha value is -0.630. The van der Waals surface area contributed by atoms with Gasteiger partial charge in [0.2, 0.25) is 0 Å². The van der Waals surface area contributed by atoms with Crippen LogP contribution >= 0.6 is 0 Å². The van der Waals surface area contributed by atoms with Gasteiger partial charge in [0.1, 0.15) is 5.78 Å². The number of rotatable bonds is 1. The Labute approximate surface area is 67.9 Å². The van der Waals surface area contributed by atoms with Crippen LogP contribution in [-0.2, 0) is 4.79 Å². The summed E-state index contributed by atoms with van der Waals surface area (Å²) < 4.78 is 0. The smallest absolute Gasteiger partial charge is 0.147 e. The highest BCUT2D eigenvalue weighted by Gasteiger charge is 2.25. The molecule has 0 bridgehead atoms. The van der Waals surface area contributed by atoms with Crippen molar-refractivity contribution in [3.63, 3.8) is 0 Å². The van der Waals surface area contributed by atoms with Gasteiger partial charge in [0, 0.05) is 6.54 Å². The molecule has 0 aromatic carbocycles. The number of hydrogen-bond acceptors (Lipinski definition) is 2. The molecule has 0 N–H and O–H groups in total. The van der Waals surface area contributed by atoms with Crippen LogP contribution in [0.15, 0.2) is 12.2 Å². The third-order valence-corrected chi connectivity index (χ3v) is 2.22. The highest BCUT2D eigenvalue weighted by Crippen LogP contribution is 2.16. The summed E-state index contributed by atoms with van der Waals surface area (Å²) in [4.78, 5) is 13.2. The molecule has 0 radical (unpaired) electrons. The summed E-state index contributed by atoms with van der Waals surface area (Å²) >= 11 is 0. The molecule has 0 fully saturated rings. The van der Waals surface area contributed by atoms with Crippen LogP contribution in [0.25, 0.3) is 0 Å². The number of Topliss-reactive ketones (excluding diaryl/α,β-unsaturated/α-hetero) is 1. The van der Waals surface area contributed by atoms with Crippen molar-refractivity contribution in [2.24, 2.45) is 5.92 Å². The quantitative estimate of drug-likeness (QED) is 0.525. The van der Waals surface area contributed by atoms with E-state index in [4.69, 9.17) is 0 Å². The summed E-state index contributed by atoms with van der Waals surface area (Å²) in [6.07, 6.45) is 4.23. The van der Waals surface area contributed by atoms with E-state index in [1.165, 1.54) is 0 Å². The largest absolute Gasteiger partial charge is 0.298 e. The number of ketones is 1. The third-order valence-electron chi connectivity index (χ3n) is 2.22. The van der Waals surface area contributed by atoms with Gasteiger partial charge in [-0.3, -0.25) is 9.69 Å². The number of carbonyl (C=O) groups is 1. The minimum Gasteiger partial charge on any atom is -0.298 e. The van der Waals surface area contributed by atoms with Crippen molar-refractivity contribution in [2.45, 2.75) is 19.9 Å². The monoisotopic (exact) mass is 153 g/mol. The van der Waals surface area contributed by atoms with Gasteiger partial charge >= 0.3 is 0 Å². The Morgan fingerprint density at radius 2 is 2.27 bits per heavy atom. The van der Waals surface area contributed by atoms with Crippen LogP contribution in [0.5, 0.6) is 0 Å². The van der Waals surface area contributed by atoms with E-state index in [0.29, 0.717) is 5.92 Å². The van der Waals surface area contributed by atoms with Gasteiger partial charge in [0.15, 0.2) is 0 Å². The highest BCUT2D eigenvalue weighted by molar-refractivity contribution is 5.82. The van der Waals surface area contributed by atoms with E-state index in [9.17, 15) is 4.79 Å². The van der Waals surface area contributed by atoms with Crippen LogP contribution in [0.3, 0.4) is 0 Å². The first-order chi connectivity index (χ1) is 5.13. The van der Waals surface area contributed by atoms with Crippen LogP contribution in [0.1, 0.15) is 13.8 Å². The molecule has 62 valence electrons. The molecule has 0 amide bonds. The average molecular weight is 153 g/mol. The number of carbonyl (C=O) groups excluding carboxylic acids is 1. The number of likely N-dealkylation sites (N-methyl/N-ethyl adjacent to an activating group) is 1. The summed E-state index contributed by atoms with van der Waals surface area (Å²) in [6, 6.07) is 0.0972. The van der Waals surface area contributed by atoms with Crippen LogP contribution in [-0.4, -0.2) is 30.3 Å². The third kappa shape index (κ3) is 1.69. The topological polar surface area (TPSA) is 20.3 Å². The standard InChI is InChI=1S/C9H15NO/c1-7-5-4-6-10(3)9(7)8(2)11/h4-5,7,9H,6H2,1-3H3. The maximum absolute atomic E-state index is 11.1. The van der Waals surface area contributed by atoms with Crippen LogP contribution in [0.2, 0.25) is 0 Å². The molecule has 0 aliphatic carbocycles. The van der Waals surface area contributed by atoms with Crippen molar-refractivity contribution in [3.8, 4) is 0 Å². The molecule has 0 aromatic heterocycles. The van der Waals surface area contributed by atoms with Gasteiger partial charge in [-0.15, -0.1) is 0 Å². The van der Waals surface area contributed by atoms with Crippen molar-refractivity contribution in [3.05, 3.63) is 12.2 Å². The summed E-state index contributed by atoms with van der Waals surface area (Å²) in [7, 11) is 1.99. The zero-order valence-corrected chi connectivity index (χ0v) is 7.37. The molecule has 1 aliphatic heterocycles. The average Bonchev–Trinajstić information content (AvgIpc) is 1.85. The van der Waals surface area contributed by atoms with Crippen molar-refractivity contribution < 1.29 is 4.79 Å². The molecule has 0 saturated carbocycles. The molecule has 0 saturated heterocycles. The molecule has 0 aromatic rings.